The number of methoxy groups -OCH3 is 1. The van der Waals surface area contributed by atoms with Gasteiger partial charge in [0, 0.05) is 20.1 Å². The van der Waals surface area contributed by atoms with Gasteiger partial charge in [0.2, 0.25) is 0 Å². The molecule has 8 nitrogen and oxygen atoms in total. The molecule has 2 N–H and O–H groups in total. The topological polar surface area (TPSA) is 97.7 Å². The second kappa shape index (κ2) is 12.8. The highest BCUT2D eigenvalue weighted by molar-refractivity contribution is 5.73. The summed E-state index contributed by atoms with van der Waals surface area (Å²) < 4.78 is 23.8. The van der Waals surface area contributed by atoms with E-state index < -0.39 is 42.0 Å². The molecule has 0 saturated carbocycles. The zero-order valence-electron chi connectivity index (χ0n) is 21.7. The minimum Gasteiger partial charge on any atom is -0.459 e. The molecule has 0 aromatic carbocycles. The molecule has 0 amide bonds. The minimum atomic E-state index is -1.41. The summed E-state index contributed by atoms with van der Waals surface area (Å²) in [5.41, 5.74) is -1.41. The van der Waals surface area contributed by atoms with Crippen LogP contribution in [0.3, 0.4) is 0 Å². The molecule has 0 spiro atoms. The maximum Gasteiger partial charge on any atom is 0.311 e. The molecule has 0 radical (unpaired) electrons. The van der Waals surface area contributed by atoms with Crippen molar-refractivity contribution in [2.24, 2.45) is 11.8 Å². The van der Waals surface area contributed by atoms with Gasteiger partial charge < -0.3 is 29.2 Å². The highest BCUT2D eigenvalue weighted by Gasteiger charge is 2.45. The molecule has 0 bridgehead atoms. The van der Waals surface area contributed by atoms with E-state index in [2.05, 4.69) is 6.92 Å². The van der Waals surface area contributed by atoms with Gasteiger partial charge in [-0.3, -0.25) is 9.69 Å². The monoisotopic (exact) mass is 473 g/mol. The van der Waals surface area contributed by atoms with Crippen LogP contribution in [-0.2, 0) is 23.7 Å². The predicted octanol–water partition coefficient (Wildman–Crippen LogP) is 3.08. The van der Waals surface area contributed by atoms with Crippen molar-refractivity contribution in [3.05, 3.63) is 0 Å². The quantitative estimate of drug-likeness (QED) is 0.601. The Balaban J connectivity index is 2.24. The second-order valence-electron chi connectivity index (χ2n) is 10.4. The van der Waals surface area contributed by atoms with Crippen LogP contribution >= 0.6 is 0 Å². The Morgan fingerprint density at radius 2 is 1.88 bits per heavy atom. The fraction of sp³-hybridized carbons (Fsp3) is 0.960. The van der Waals surface area contributed by atoms with Crippen LogP contribution in [0.25, 0.3) is 0 Å². The molecular formula is C25H47NO7. The van der Waals surface area contributed by atoms with Gasteiger partial charge in [-0.15, -0.1) is 0 Å². The summed E-state index contributed by atoms with van der Waals surface area (Å²) in [6, 6.07) is 0. The summed E-state index contributed by atoms with van der Waals surface area (Å²) in [7, 11) is 3.41. The van der Waals surface area contributed by atoms with E-state index in [1.165, 1.54) is 0 Å². The smallest absolute Gasteiger partial charge is 0.311 e. The lowest BCUT2D eigenvalue weighted by Gasteiger charge is -2.42. The van der Waals surface area contributed by atoms with Gasteiger partial charge in [0.1, 0.15) is 17.9 Å². The second-order valence-corrected chi connectivity index (χ2v) is 10.4. The van der Waals surface area contributed by atoms with Gasteiger partial charge in [-0.2, -0.15) is 0 Å². The summed E-state index contributed by atoms with van der Waals surface area (Å²) in [6.07, 6.45) is 2.06. The number of esters is 1. The van der Waals surface area contributed by atoms with Gasteiger partial charge in [-0.25, -0.2) is 0 Å². The summed E-state index contributed by atoms with van der Waals surface area (Å²) in [6.45, 7) is 10.2. The molecule has 0 aromatic heterocycles. The fourth-order valence-corrected chi connectivity index (χ4v) is 5.31. The van der Waals surface area contributed by atoms with E-state index in [0.29, 0.717) is 38.1 Å². The third-order valence-corrected chi connectivity index (χ3v) is 7.21. The van der Waals surface area contributed by atoms with E-state index in [9.17, 15) is 15.0 Å². The zero-order chi connectivity index (χ0) is 24.8. The Morgan fingerprint density at radius 3 is 2.48 bits per heavy atom. The predicted molar refractivity (Wildman–Crippen MR) is 125 cm³/mol. The minimum absolute atomic E-state index is 0.104. The van der Waals surface area contributed by atoms with E-state index in [1.54, 1.807) is 21.0 Å². The van der Waals surface area contributed by atoms with E-state index in [4.69, 9.17) is 18.9 Å². The van der Waals surface area contributed by atoms with Gasteiger partial charge in [-0.05, 0) is 72.3 Å². The van der Waals surface area contributed by atoms with Crippen LogP contribution in [0.1, 0.15) is 79.6 Å². The Kier molecular flexibility index (Phi) is 11.0. The van der Waals surface area contributed by atoms with Crippen molar-refractivity contribution in [3.8, 4) is 0 Å². The molecular weight excluding hydrogens is 426 g/mol. The lowest BCUT2D eigenvalue weighted by Crippen LogP contribution is -2.58. The fourth-order valence-electron chi connectivity index (χ4n) is 5.31. The summed E-state index contributed by atoms with van der Waals surface area (Å²) >= 11 is 0. The number of ether oxygens (including phenoxy) is 4. The number of likely N-dealkylation sites (N-methyl/N-ethyl adjacent to an activating group) is 1. The number of carbonyl (C=O) groups is 1. The first-order valence-corrected chi connectivity index (χ1v) is 12.6. The van der Waals surface area contributed by atoms with Crippen molar-refractivity contribution in [3.63, 3.8) is 0 Å². The van der Waals surface area contributed by atoms with Crippen molar-refractivity contribution in [1.29, 1.82) is 0 Å². The maximum atomic E-state index is 13.2. The van der Waals surface area contributed by atoms with Crippen LogP contribution in [0.4, 0.5) is 0 Å². The summed E-state index contributed by atoms with van der Waals surface area (Å²) in [5.74, 6) is -0.513. The number of aliphatic hydroxyl groups excluding tert-OH is 1. The van der Waals surface area contributed by atoms with Gasteiger partial charge in [0.15, 0.2) is 6.29 Å². The van der Waals surface area contributed by atoms with Crippen LogP contribution in [0.2, 0.25) is 0 Å². The standard InChI is InChI=1S/C25H47NO7/c1-8-21-25(5,29)24(30-7)26(6)13-9-10-19(27)11-12-20(18(4)23(28)33-21)32-22-15-16(2)14-17(3)31-22/h16-22,24,27,29H,8-15H2,1-7H3/t16?,17?,18?,19?,20-,21+,22-,24?,25?/m0/s1. The Morgan fingerprint density at radius 1 is 1.18 bits per heavy atom. The van der Waals surface area contributed by atoms with Crippen LogP contribution in [0.5, 0.6) is 0 Å². The Hall–Kier alpha value is -0.770. The van der Waals surface area contributed by atoms with Crippen LogP contribution in [0, 0.1) is 11.8 Å². The van der Waals surface area contributed by atoms with Crippen LogP contribution in [-0.4, -0.2) is 84.3 Å². The SMILES string of the molecule is CC[C@H]1OC(=O)C(C)[C@@H](O[C@H]2CC(C)CC(C)O2)CCC(O)CCCN(C)C(OC)C1(C)O. The van der Waals surface area contributed by atoms with Crippen molar-refractivity contribution < 1.29 is 34.0 Å². The zero-order valence-corrected chi connectivity index (χ0v) is 21.7. The number of cyclic esters (lactones) is 1. The molecule has 33 heavy (non-hydrogen) atoms. The van der Waals surface area contributed by atoms with E-state index >= 15 is 0 Å². The molecule has 2 fully saturated rings. The number of rotatable bonds is 4. The van der Waals surface area contributed by atoms with E-state index in [1.807, 2.05) is 25.8 Å². The summed E-state index contributed by atoms with van der Waals surface area (Å²) in [5, 5.41) is 21.9. The van der Waals surface area contributed by atoms with Crippen LogP contribution < -0.4 is 0 Å². The number of carbonyl (C=O) groups excluding carboxylic acids is 1. The van der Waals surface area contributed by atoms with Gasteiger partial charge >= 0.3 is 5.97 Å². The molecule has 2 aliphatic rings. The van der Waals surface area contributed by atoms with Gasteiger partial charge in [0.05, 0.1) is 24.2 Å². The molecule has 2 rings (SSSR count). The highest BCUT2D eigenvalue weighted by atomic mass is 16.7. The molecule has 2 heterocycles. The average molecular weight is 474 g/mol. The third kappa shape index (κ3) is 7.87. The Labute approximate surface area is 199 Å². The maximum absolute atomic E-state index is 13.2. The largest absolute Gasteiger partial charge is 0.459 e. The summed E-state index contributed by atoms with van der Waals surface area (Å²) in [4.78, 5) is 15.1. The first-order valence-electron chi connectivity index (χ1n) is 12.6. The van der Waals surface area contributed by atoms with E-state index in [-0.39, 0.29) is 12.4 Å². The van der Waals surface area contributed by atoms with E-state index in [0.717, 1.165) is 19.3 Å². The molecule has 9 atom stereocenters. The van der Waals surface area contributed by atoms with Crippen molar-refractivity contribution in [2.75, 3.05) is 20.7 Å². The number of hydrogen-bond acceptors (Lipinski definition) is 8. The number of aliphatic hydroxyl groups is 2. The van der Waals surface area contributed by atoms with Crippen molar-refractivity contribution in [1.82, 2.24) is 4.90 Å². The molecule has 2 aliphatic heterocycles. The average Bonchev–Trinajstić information content (AvgIpc) is 2.73. The number of nitrogens with zero attached hydrogens (tertiary/aromatic N) is 1. The molecule has 0 aliphatic carbocycles. The lowest BCUT2D eigenvalue weighted by molar-refractivity contribution is -0.236. The molecule has 194 valence electrons. The lowest BCUT2D eigenvalue weighted by atomic mass is 9.92. The van der Waals surface area contributed by atoms with Crippen molar-refractivity contribution in [2.45, 2.75) is 122 Å². The first-order chi connectivity index (χ1) is 15.5. The first kappa shape index (κ1) is 28.5. The molecule has 2 saturated heterocycles. The highest BCUT2D eigenvalue weighted by Crippen LogP contribution is 2.31. The van der Waals surface area contributed by atoms with Crippen molar-refractivity contribution >= 4 is 5.97 Å². The molecule has 8 heteroatoms. The van der Waals surface area contributed by atoms with Crippen LogP contribution in [0.15, 0.2) is 0 Å². The van der Waals surface area contributed by atoms with Gasteiger partial charge in [-0.1, -0.05) is 13.8 Å². The van der Waals surface area contributed by atoms with Gasteiger partial charge in [0.25, 0.3) is 0 Å². The number of hydrogen-bond donors (Lipinski definition) is 2. The molecule has 0 aromatic rings. The molecule has 6 unspecified atom stereocenters. The Bertz CT molecular complexity index is 591. The normalized spacial score (nSPS) is 43.0. The third-order valence-electron chi connectivity index (χ3n) is 7.21.